The van der Waals surface area contributed by atoms with E-state index in [1.165, 1.54) is 64.0 Å². The Hall–Kier alpha value is -7.79. The summed E-state index contributed by atoms with van der Waals surface area (Å²) < 4.78 is 2.42. The molecule has 0 aliphatic rings. The fourth-order valence-corrected chi connectivity index (χ4v) is 10.0. The molecule has 0 bridgehead atoms. The fraction of sp³-hybridized carbons (Fsp3) is 0. The SMILES string of the molecule is c1ccc(-c2ccc3ccc(-c4ccc(-c5nc(-c6ccc(-c7ccc8ccccc8c7)c7ccccc67)nc(-c6cccc7c6sc6ccccc67)n5)cc4)cc3c2)cc1. The van der Waals surface area contributed by atoms with Crippen molar-refractivity contribution in [1.82, 2.24) is 15.0 Å². The molecule has 284 valence electrons. The zero-order valence-corrected chi connectivity index (χ0v) is 33.8. The molecule has 0 unspecified atom stereocenters. The molecular formula is C57H35N3S. The molecule has 2 heterocycles. The van der Waals surface area contributed by atoms with Crippen molar-refractivity contribution in [2.75, 3.05) is 0 Å². The van der Waals surface area contributed by atoms with Gasteiger partial charge in [-0.1, -0.05) is 176 Å². The minimum atomic E-state index is 0.637. The van der Waals surface area contributed by atoms with Gasteiger partial charge in [0, 0.05) is 36.9 Å². The molecule has 10 aromatic carbocycles. The van der Waals surface area contributed by atoms with Crippen LogP contribution in [0.3, 0.4) is 0 Å². The van der Waals surface area contributed by atoms with Crippen LogP contribution < -0.4 is 0 Å². The van der Waals surface area contributed by atoms with Gasteiger partial charge in [-0.25, -0.2) is 15.0 Å². The molecule has 0 fully saturated rings. The quantitative estimate of drug-likeness (QED) is 0.168. The maximum absolute atomic E-state index is 5.32. The van der Waals surface area contributed by atoms with Gasteiger partial charge in [0.25, 0.3) is 0 Å². The lowest BCUT2D eigenvalue weighted by Gasteiger charge is -2.14. The van der Waals surface area contributed by atoms with Crippen molar-refractivity contribution >= 4 is 63.8 Å². The normalized spacial score (nSPS) is 11.6. The van der Waals surface area contributed by atoms with Gasteiger partial charge in [-0.05, 0) is 102 Å². The molecule has 0 aliphatic carbocycles. The molecule has 0 radical (unpaired) electrons. The van der Waals surface area contributed by atoms with Gasteiger partial charge < -0.3 is 0 Å². The second-order valence-electron chi connectivity index (χ2n) is 15.6. The van der Waals surface area contributed by atoms with E-state index in [1.807, 2.05) is 0 Å². The van der Waals surface area contributed by atoms with Gasteiger partial charge >= 0.3 is 0 Å². The predicted molar refractivity (Wildman–Crippen MR) is 258 cm³/mol. The van der Waals surface area contributed by atoms with Crippen LogP contribution in [0.5, 0.6) is 0 Å². The van der Waals surface area contributed by atoms with Gasteiger partial charge in [-0.3, -0.25) is 0 Å². The standard InChI is InChI=1S/C57H35N3S/c1-2-11-36(12-3-1)42-28-23-39-24-29-43(35-45(39)34-42)38-21-26-40(27-22-38)55-58-56(60-57(59-55)52-19-10-18-50-49-17-8-9-20-53(49)61-54(50)52)51-32-31-46(47-15-6-7-16-48(47)51)44-30-25-37-13-4-5-14-41(37)33-44/h1-35H. The first-order chi connectivity index (χ1) is 30.2. The van der Waals surface area contributed by atoms with Gasteiger partial charge in [-0.2, -0.15) is 0 Å². The first kappa shape index (κ1) is 35.2. The van der Waals surface area contributed by atoms with Crippen molar-refractivity contribution in [3.05, 3.63) is 212 Å². The van der Waals surface area contributed by atoms with Gasteiger partial charge in [0.2, 0.25) is 0 Å². The van der Waals surface area contributed by atoms with Crippen molar-refractivity contribution in [1.29, 1.82) is 0 Å². The van der Waals surface area contributed by atoms with E-state index >= 15 is 0 Å². The first-order valence-corrected chi connectivity index (χ1v) is 21.4. The third-order valence-corrected chi connectivity index (χ3v) is 13.1. The highest BCUT2D eigenvalue weighted by Crippen LogP contribution is 2.41. The maximum atomic E-state index is 5.32. The maximum Gasteiger partial charge on any atom is 0.165 e. The van der Waals surface area contributed by atoms with Crippen LogP contribution >= 0.6 is 11.3 Å². The molecule has 4 heteroatoms. The topological polar surface area (TPSA) is 38.7 Å². The molecule has 2 aromatic heterocycles. The molecule has 0 atom stereocenters. The minimum absolute atomic E-state index is 0.637. The minimum Gasteiger partial charge on any atom is -0.208 e. The Labute approximate surface area is 356 Å². The summed E-state index contributed by atoms with van der Waals surface area (Å²) in [4.78, 5) is 15.9. The van der Waals surface area contributed by atoms with Crippen LogP contribution in [0.2, 0.25) is 0 Å². The summed E-state index contributed by atoms with van der Waals surface area (Å²) in [6.45, 7) is 0. The number of hydrogen-bond acceptors (Lipinski definition) is 4. The van der Waals surface area contributed by atoms with Crippen molar-refractivity contribution in [2.24, 2.45) is 0 Å². The fourth-order valence-electron chi connectivity index (χ4n) is 8.82. The number of fused-ring (bicyclic) bond motifs is 6. The van der Waals surface area contributed by atoms with E-state index in [2.05, 4.69) is 212 Å². The average Bonchev–Trinajstić information content (AvgIpc) is 3.72. The third-order valence-electron chi connectivity index (χ3n) is 11.9. The molecule has 0 amide bonds. The third kappa shape index (κ3) is 6.24. The number of nitrogens with zero attached hydrogens (tertiary/aromatic N) is 3. The highest BCUT2D eigenvalue weighted by molar-refractivity contribution is 7.26. The Morgan fingerprint density at radius 2 is 0.770 bits per heavy atom. The molecule has 3 nitrogen and oxygen atoms in total. The summed E-state index contributed by atoms with van der Waals surface area (Å²) in [5.74, 6) is 1.94. The Kier molecular flexibility index (Phi) is 8.36. The summed E-state index contributed by atoms with van der Waals surface area (Å²) in [6, 6.07) is 75.9. The smallest absolute Gasteiger partial charge is 0.165 e. The summed E-state index contributed by atoms with van der Waals surface area (Å²) in [5.41, 5.74) is 9.98. The molecule has 61 heavy (non-hydrogen) atoms. The summed E-state index contributed by atoms with van der Waals surface area (Å²) in [5, 5.41) is 9.59. The van der Waals surface area contributed by atoms with Gasteiger partial charge in [0.05, 0.1) is 0 Å². The van der Waals surface area contributed by atoms with E-state index in [1.54, 1.807) is 11.3 Å². The lowest BCUT2D eigenvalue weighted by molar-refractivity contribution is 1.08. The van der Waals surface area contributed by atoms with Crippen molar-refractivity contribution in [3.63, 3.8) is 0 Å². The van der Waals surface area contributed by atoms with E-state index in [9.17, 15) is 0 Å². The Morgan fingerprint density at radius 3 is 1.54 bits per heavy atom. The zero-order valence-electron chi connectivity index (χ0n) is 33.0. The molecule has 0 saturated heterocycles. The van der Waals surface area contributed by atoms with Crippen molar-refractivity contribution in [2.45, 2.75) is 0 Å². The summed E-state index contributed by atoms with van der Waals surface area (Å²) >= 11 is 1.79. The zero-order chi connectivity index (χ0) is 40.3. The second-order valence-corrected chi connectivity index (χ2v) is 16.6. The lowest BCUT2D eigenvalue weighted by Crippen LogP contribution is -2.01. The number of rotatable bonds is 6. The number of thiophene rings is 1. The second kappa shape index (κ2) is 14.5. The highest BCUT2D eigenvalue weighted by atomic mass is 32.1. The number of aromatic nitrogens is 3. The van der Waals surface area contributed by atoms with Crippen LogP contribution in [0.4, 0.5) is 0 Å². The highest BCUT2D eigenvalue weighted by Gasteiger charge is 2.19. The van der Waals surface area contributed by atoms with Crippen LogP contribution in [-0.2, 0) is 0 Å². The molecule has 0 aliphatic heterocycles. The molecule has 0 saturated carbocycles. The van der Waals surface area contributed by atoms with Crippen molar-refractivity contribution in [3.8, 4) is 67.5 Å². The van der Waals surface area contributed by atoms with Crippen LogP contribution in [0.1, 0.15) is 0 Å². The molecule has 12 aromatic rings. The molecule has 0 N–H and O–H groups in total. The number of benzene rings is 10. The van der Waals surface area contributed by atoms with Crippen LogP contribution in [0.25, 0.3) is 120 Å². The van der Waals surface area contributed by atoms with Crippen molar-refractivity contribution < 1.29 is 0 Å². The summed E-state index contributed by atoms with van der Waals surface area (Å²) in [7, 11) is 0. The van der Waals surface area contributed by atoms with E-state index in [0.29, 0.717) is 17.5 Å². The Morgan fingerprint density at radius 1 is 0.262 bits per heavy atom. The Balaban J connectivity index is 0.997. The van der Waals surface area contributed by atoms with E-state index in [-0.39, 0.29) is 0 Å². The van der Waals surface area contributed by atoms with E-state index in [4.69, 9.17) is 15.0 Å². The van der Waals surface area contributed by atoms with E-state index in [0.717, 1.165) is 38.6 Å². The van der Waals surface area contributed by atoms with Gasteiger partial charge in [0.1, 0.15) is 0 Å². The van der Waals surface area contributed by atoms with Gasteiger partial charge in [-0.15, -0.1) is 11.3 Å². The predicted octanol–water partition coefficient (Wildman–Crippen LogP) is 15.7. The molecule has 12 rings (SSSR count). The Bertz CT molecular complexity index is 3650. The van der Waals surface area contributed by atoms with Crippen LogP contribution in [0, 0.1) is 0 Å². The average molecular weight is 794 g/mol. The van der Waals surface area contributed by atoms with E-state index < -0.39 is 0 Å². The lowest BCUT2D eigenvalue weighted by atomic mass is 9.93. The summed E-state index contributed by atoms with van der Waals surface area (Å²) in [6.07, 6.45) is 0. The molecular weight excluding hydrogens is 759 g/mol. The van der Waals surface area contributed by atoms with Crippen LogP contribution in [0.15, 0.2) is 212 Å². The largest absolute Gasteiger partial charge is 0.208 e. The van der Waals surface area contributed by atoms with Gasteiger partial charge in [0.15, 0.2) is 17.5 Å². The monoisotopic (exact) mass is 793 g/mol. The first-order valence-electron chi connectivity index (χ1n) is 20.6. The van der Waals surface area contributed by atoms with Crippen LogP contribution in [-0.4, -0.2) is 15.0 Å². The number of hydrogen-bond donors (Lipinski definition) is 0. The molecule has 0 spiro atoms.